The molecule has 1 atom stereocenters. The molecule has 8 heterocycles. The molecule has 4 bridgehead atoms. The van der Waals surface area contributed by atoms with Crippen LogP contribution in [0.4, 0.5) is 0 Å². The minimum atomic E-state index is -0.907. The van der Waals surface area contributed by atoms with Gasteiger partial charge in [-0.15, -0.1) is 14.5 Å². The van der Waals surface area contributed by atoms with E-state index in [9.17, 15) is 78.4 Å². The van der Waals surface area contributed by atoms with Crippen LogP contribution in [-0.2, 0) is 24.0 Å². The van der Waals surface area contributed by atoms with E-state index in [1.165, 1.54) is 46.2 Å². The van der Waals surface area contributed by atoms with Gasteiger partial charge in [-0.2, -0.15) is 9.46 Å². The Hall–Kier alpha value is -9.26. The molecule has 4 aliphatic rings. The number of hydrogen-bond acceptors (Lipinski definition) is 19. The molecule has 82 heavy (non-hydrogen) atoms. The third-order valence-corrected chi connectivity index (χ3v) is 13.7. The van der Waals surface area contributed by atoms with Gasteiger partial charge in [0.05, 0.1) is 11.1 Å². The van der Waals surface area contributed by atoms with Crippen LogP contribution in [0.2, 0.25) is 0 Å². The Morgan fingerprint density at radius 2 is 1.05 bits per heavy atom. The van der Waals surface area contributed by atoms with E-state index in [0.717, 1.165) is 24.3 Å². The van der Waals surface area contributed by atoms with Crippen LogP contribution in [0.5, 0.6) is 0 Å². The van der Waals surface area contributed by atoms with Crippen molar-refractivity contribution in [3.05, 3.63) is 125 Å². The molecule has 438 valence electrons. The Morgan fingerprint density at radius 1 is 0.561 bits per heavy atom. The highest BCUT2D eigenvalue weighted by Crippen LogP contribution is 2.16. The molecule has 1 saturated heterocycles. The van der Waals surface area contributed by atoms with Gasteiger partial charge < -0.3 is 62.1 Å². The molecular formula is C51H60N12O17S2. The number of rotatable bonds is 12. The number of carbonyl (C=O) groups is 10. The van der Waals surface area contributed by atoms with Crippen LogP contribution in [0.3, 0.4) is 0 Å². The van der Waals surface area contributed by atoms with Gasteiger partial charge in [-0.25, -0.2) is 4.79 Å². The molecule has 0 radical (unpaired) electrons. The summed E-state index contributed by atoms with van der Waals surface area (Å²) in [7, 11) is 0. The first kappa shape index (κ1) is 61.9. The minimum Gasteiger partial charge on any atom is -0.427 e. The molecule has 4 aromatic heterocycles. The average molecular weight is 1180 g/mol. The summed E-state index contributed by atoms with van der Waals surface area (Å²) in [5, 5.41) is 56.8. The van der Waals surface area contributed by atoms with Gasteiger partial charge in [-0.3, -0.25) is 52.7 Å². The Morgan fingerprint density at radius 3 is 1.56 bits per heavy atom. The van der Waals surface area contributed by atoms with E-state index in [-0.39, 0.29) is 149 Å². The zero-order valence-corrected chi connectivity index (χ0v) is 45.7. The maximum Gasteiger partial charge on any atom is 0.333 e. The van der Waals surface area contributed by atoms with Crippen molar-refractivity contribution in [2.45, 2.75) is 83.1 Å². The Kier molecular flexibility index (Phi) is 22.1. The van der Waals surface area contributed by atoms with Crippen molar-refractivity contribution < 1.29 is 73.6 Å². The lowest BCUT2D eigenvalue weighted by molar-refractivity contribution is -0.197. The minimum absolute atomic E-state index is 0.00238. The second-order valence-electron chi connectivity index (χ2n) is 18.8. The first-order chi connectivity index (χ1) is 39.2. The molecule has 29 nitrogen and oxygen atoms in total. The van der Waals surface area contributed by atoms with Crippen LogP contribution in [-0.4, -0.2) is 172 Å². The molecule has 31 heteroatoms. The fourth-order valence-electron chi connectivity index (χ4n) is 8.55. The molecule has 0 saturated carbocycles. The predicted octanol–water partition coefficient (Wildman–Crippen LogP) is 0.932. The van der Waals surface area contributed by atoms with Crippen LogP contribution in [0, 0.1) is 9.28 Å². The number of hydrogen-bond donors (Lipinski definition) is 9. The van der Waals surface area contributed by atoms with Crippen molar-refractivity contribution >= 4 is 83.6 Å². The van der Waals surface area contributed by atoms with Gasteiger partial charge in [0.15, 0.2) is 9.28 Å². The largest absolute Gasteiger partial charge is 0.427 e. The zero-order chi connectivity index (χ0) is 59.6. The molecule has 0 unspecified atom stereocenters. The summed E-state index contributed by atoms with van der Waals surface area (Å²) < 4.78 is 0.0963. The highest BCUT2D eigenvalue weighted by Gasteiger charge is 2.33. The van der Waals surface area contributed by atoms with Crippen molar-refractivity contribution in [3.8, 4) is 0 Å². The van der Waals surface area contributed by atoms with E-state index in [1.807, 2.05) is 0 Å². The second-order valence-corrected chi connectivity index (χ2v) is 19.5. The number of amides is 9. The molecule has 0 aliphatic carbocycles. The smallest absolute Gasteiger partial charge is 0.333 e. The van der Waals surface area contributed by atoms with Gasteiger partial charge in [-0.05, 0) is 87.8 Å². The molecule has 9 amide bonds. The number of carbonyl (C=O) groups excluding carboxylic acids is 10. The monoisotopic (exact) mass is 1180 g/mol. The predicted molar refractivity (Wildman–Crippen MR) is 287 cm³/mol. The lowest BCUT2D eigenvalue weighted by Crippen LogP contribution is -2.45. The fraction of sp³-hybridized carbons (Fsp3) is 0.412. The van der Waals surface area contributed by atoms with Crippen LogP contribution in [0.15, 0.2) is 70.3 Å². The molecule has 4 aromatic rings. The van der Waals surface area contributed by atoms with Gasteiger partial charge in [0, 0.05) is 96.2 Å². The molecule has 0 aromatic carbocycles. The maximum absolute atomic E-state index is 13.8. The molecule has 8 rings (SSSR count). The molecule has 1 fully saturated rings. The normalized spacial score (nSPS) is 16.4. The third-order valence-electron chi connectivity index (χ3n) is 13.0. The van der Waals surface area contributed by atoms with Gasteiger partial charge in [0.1, 0.15) is 22.8 Å². The van der Waals surface area contributed by atoms with Crippen molar-refractivity contribution in [3.63, 3.8) is 0 Å². The highest BCUT2D eigenvalue weighted by atomic mass is 32.1. The van der Waals surface area contributed by atoms with E-state index < -0.39 is 97.0 Å². The Bertz CT molecular complexity index is 3360. The first-order valence-electron chi connectivity index (χ1n) is 26.0. The molecule has 4 aliphatic heterocycles. The quantitative estimate of drug-likeness (QED) is 0.0412. The number of imide groups is 1. The molecule has 9 N–H and O–H groups in total. The number of aromatic nitrogens is 4. The summed E-state index contributed by atoms with van der Waals surface area (Å²) in [6.45, 7) is -0.347. The number of fused-ring (bicyclic) bond motifs is 2. The van der Waals surface area contributed by atoms with Crippen LogP contribution >= 0.6 is 24.4 Å². The Balaban J connectivity index is 1.18. The number of nitrogens with one attached hydrogen (secondary N) is 5. The third kappa shape index (κ3) is 16.2. The number of hydroxylamine groups is 2. The summed E-state index contributed by atoms with van der Waals surface area (Å²) in [6, 6.07) is 10.9. The van der Waals surface area contributed by atoms with Crippen molar-refractivity contribution in [2.24, 2.45) is 0 Å². The topological polar surface area (TPSA) is 385 Å². The van der Waals surface area contributed by atoms with Gasteiger partial charge in [0.2, 0.25) is 5.91 Å². The summed E-state index contributed by atoms with van der Waals surface area (Å²) in [4.78, 5) is 162. The van der Waals surface area contributed by atoms with Gasteiger partial charge in [0.25, 0.3) is 58.4 Å². The lowest BCUT2D eigenvalue weighted by Gasteiger charge is -2.26. The van der Waals surface area contributed by atoms with Gasteiger partial charge >= 0.3 is 5.97 Å². The van der Waals surface area contributed by atoms with Crippen LogP contribution in [0.25, 0.3) is 0 Å². The lowest BCUT2D eigenvalue weighted by atomic mass is 10.1. The molecular weight excluding hydrogens is 1120 g/mol. The summed E-state index contributed by atoms with van der Waals surface area (Å²) in [5.41, 5.74) is -3.70. The first-order valence-corrected chi connectivity index (χ1v) is 26.8. The number of pyridine rings is 4. The van der Waals surface area contributed by atoms with Crippen molar-refractivity contribution in [1.29, 1.82) is 0 Å². The molecule has 0 spiro atoms. The van der Waals surface area contributed by atoms with Crippen LogP contribution in [0.1, 0.15) is 140 Å². The number of unbranched alkanes of at least 4 members (excludes halogenated alkanes) is 1. The average Bonchev–Trinajstić information content (AvgIpc) is 3.96. The van der Waals surface area contributed by atoms with E-state index in [0.29, 0.717) is 27.4 Å². The highest BCUT2D eigenvalue weighted by molar-refractivity contribution is 7.71. The van der Waals surface area contributed by atoms with E-state index >= 15 is 0 Å². The second kappa shape index (κ2) is 29.3. The SMILES string of the molecule is O=C(CCCC(=O)ON1C(=O)CCC1=O)NCCCC[C@H]1CNC(=O)c2ccc(c(=S)n2O)C(=O)NCCCN(C(=O)c2cccc(=O)n2O)CCCCN(C(=O)c2cccc(=O)n2O)CCCNC(=O)c2ccc(n(O)c2=S)C(=O)N1. The summed E-state index contributed by atoms with van der Waals surface area (Å²) in [5.74, 6) is -7.33. The van der Waals surface area contributed by atoms with E-state index in [2.05, 4.69) is 26.6 Å². The van der Waals surface area contributed by atoms with Crippen LogP contribution < -0.4 is 37.7 Å². The summed E-state index contributed by atoms with van der Waals surface area (Å²) >= 11 is 10.7. The zero-order valence-electron chi connectivity index (χ0n) is 44.0. The van der Waals surface area contributed by atoms with E-state index in [1.54, 1.807) is 0 Å². The van der Waals surface area contributed by atoms with Crippen molar-refractivity contribution in [1.82, 2.24) is 60.4 Å². The number of nitrogens with zero attached hydrogens (tertiary/aromatic N) is 7. The van der Waals surface area contributed by atoms with Crippen molar-refractivity contribution in [2.75, 3.05) is 52.4 Å². The summed E-state index contributed by atoms with van der Waals surface area (Å²) in [6.07, 6.45) is 1.08. The van der Waals surface area contributed by atoms with Gasteiger partial charge in [-0.1, -0.05) is 36.6 Å². The van der Waals surface area contributed by atoms with E-state index in [4.69, 9.17) is 29.3 Å². The Labute approximate surface area is 475 Å². The maximum atomic E-state index is 13.8. The fourth-order valence-corrected chi connectivity index (χ4v) is 9.06. The standard InChI is InChI=1S/C51H60N12O17S2/c64-38(13-7-16-43(69)80-63-41(67)21-22-42(63)68)52-23-2-1-10-31-30-55-46(72)34-19-17-32(50(81)61(34)78)44(70)53-24-8-28-57(48(74)36-11-5-14-39(65)59(36)76)26-3-4-27-58(49(75)37-12-6-15-40(66)60(37)77)29-9-25-54-45(71)33-18-20-35(47(73)56-31)62(79)51(33)82/h5-6,11-12,14-15,17-20,31,76-79H,1-4,7-10,13,16,21-30H2,(H,52,64)(H,53,70)(H,54,71)(H,55,72)(H,56,73)/t31-/m0/s1.